The van der Waals surface area contributed by atoms with Gasteiger partial charge in [-0.15, -0.1) is 0 Å². The standard InChI is InChI=1S/C21H25N3O5S/c1-2-29-20-11-7-6-10-19(20)24(30(27,28)18-8-4-3-5-9-18)16-21(26)23-14-12-22(17-25)13-15-23/h3-11,17H,2,12-16H2,1H3. The van der Waals surface area contributed by atoms with Crippen LogP contribution in [0.2, 0.25) is 0 Å². The van der Waals surface area contributed by atoms with Gasteiger partial charge in [0.15, 0.2) is 0 Å². The lowest BCUT2D eigenvalue weighted by atomic mass is 10.2. The molecule has 1 heterocycles. The summed E-state index contributed by atoms with van der Waals surface area (Å²) < 4.78 is 33.6. The van der Waals surface area contributed by atoms with Gasteiger partial charge in [0.25, 0.3) is 10.0 Å². The normalized spacial score (nSPS) is 14.3. The highest BCUT2D eigenvalue weighted by atomic mass is 32.2. The highest BCUT2D eigenvalue weighted by molar-refractivity contribution is 7.92. The minimum absolute atomic E-state index is 0.0925. The Kier molecular flexibility index (Phi) is 6.94. The van der Waals surface area contributed by atoms with Crippen molar-refractivity contribution in [1.29, 1.82) is 0 Å². The Morgan fingerprint density at radius 2 is 1.67 bits per heavy atom. The lowest BCUT2D eigenvalue weighted by Gasteiger charge is -2.34. The Balaban J connectivity index is 1.95. The van der Waals surface area contributed by atoms with E-state index in [1.54, 1.807) is 52.3 Å². The highest BCUT2D eigenvalue weighted by Gasteiger charge is 2.31. The molecule has 0 aromatic heterocycles. The van der Waals surface area contributed by atoms with Crippen LogP contribution in [0.5, 0.6) is 5.75 Å². The van der Waals surface area contributed by atoms with Crippen molar-refractivity contribution in [2.24, 2.45) is 0 Å². The molecule has 160 valence electrons. The number of amides is 2. The van der Waals surface area contributed by atoms with E-state index in [9.17, 15) is 18.0 Å². The number of benzene rings is 2. The summed E-state index contributed by atoms with van der Waals surface area (Å²) in [6.07, 6.45) is 0.756. The van der Waals surface area contributed by atoms with E-state index in [1.165, 1.54) is 12.1 Å². The molecule has 2 aromatic carbocycles. The summed E-state index contributed by atoms with van der Waals surface area (Å²) in [7, 11) is -4.00. The predicted molar refractivity (Wildman–Crippen MR) is 113 cm³/mol. The van der Waals surface area contributed by atoms with Gasteiger partial charge in [0.1, 0.15) is 12.3 Å². The van der Waals surface area contributed by atoms with Gasteiger partial charge in [0.2, 0.25) is 12.3 Å². The zero-order chi connectivity index (χ0) is 21.6. The number of para-hydroxylation sites is 2. The van der Waals surface area contributed by atoms with E-state index in [1.807, 2.05) is 6.92 Å². The molecule has 2 aromatic rings. The van der Waals surface area contributed by atoms with E-state index in [2.05, 4.69) is 0 Å². The second-order valence-corrected chi connectivity index (χ2v) is 8.61. The van der Waals surface area contributed by atoms with Crippen LogP contribution in [-0.2, 0) is 19.6 Å². The Hall–Kier alpha value is -3.07. The summed E-state index contributed by atoms with van der Waals surface area (Å²) in [5.74, 6) is 0.0597. The van der Waals surface area contributed by atoms with E-state index in [4.69, 9.17) is 4.74 Å². The Morgan fingerprint density at radius 1 is 1.03 bits per heavy atom. The fourth-order valence-electron chi connectivity index (χ4n) is 3.26. The van der Waals surface area contributed by atoms with Crippen LogP contribution in [0.25, 0.3) is 0 Å². The molecule has 30 heavy (non-hydrogen) atoms. The van der Waals surface area contributed by atoms with Gasteiger partial charge < -0.3 is 14.5 Å². The van der Waals surface area contributed by atoms with Crippen molar-refractivity contribution >= 4 is 28.0 Å². The van der Waals surface area contributed by atoms with Crippen molar-refractivity contribution in [2.75, 3.05) is 43.6 Å². The van der Waals surface area contributed by atoms with Gasteiger partial charge in [0.05, 0.1) is 17.2 Å². The van der Waals surface area contributed by atoms with Gasteiger partial charge in [-0.2, -0.15) is 0 Å². The summed E-state index contributed by atoms with van der Waals surface area (Å²) in [5, 5.41) is 0. The molecule has 0 aliphatic carbocycles. The molecule has 2 amide bonds. The van der Waals surface area contributed by atoms with Crippen molar-refractivity contribution < 1.29 is 22.7 Å². The number of carbonyl (C=O) groups excluding carboxylic acids is 2. The summed E-state index contributed by atoms with van der Waals surface area (Å²) in [4.78, 5) is 27.2. The van der Waals surface area contributed by atoms with Crippen LogP contribution in [0.4, 0.5) is 5.69 Å². The van der Waals surface area contributed by atoms with E-state index >= 15 is 0 Å². The van der Waals surface area contributed by atoms with E-state index in [0.29, 0.717) is 44.2 Å². The number of sulfonamides is 1. The molecule has 1 fully saturated rings. The van der Waals surface area contributed by atoms with Crippen molar-refractivity contribution in [2.45, 2.75) is 11.8 Å². The number of ether oxygens (including phenoxy) is 1. The third-order valence-corrected chi connectivity index (χ3v) is 6.63. The molecule has 0 saturated carbocycles. The fraction of sp³-hybridized carbons (Fsp3) is 0.333. The Labute approximate surface area is 176 Å². The predicted octanol–water partition coefficient (Wildman–Crippen LogP) is 1.58. The molecule has 9 heteroatoms. The first-order valence-electron chi connectivity index (χ1n) is 9.74. The van der Waals surface area contributed by atoms with Crippen LogP contribution in [0.1, 0.15) is 6.92 Å². The van der Waals surface area contributed by atoms with Crippen LogP contribution >= 0.6 is 0 Å². The summed E-state index contributed by atoms with van der Waals surface area (Å²) >= 11 is 0. The van der Waals surface area contributed by atoms with Gasteiger partial charge in [-0.1, -0.05) is 30.3 Å². The zero-order valence-electron chi connectivity index (χ0n) is 16.8. The topological polar surface area (TPSA) is 87.2 Å². The van der Waals surface area contributed by atoms with Crippen LogP contribution in [-0.4, -0.2) is 69.9 Å². The van der Waals surface area contributed by atoms with Crippen LogP contribution in [0.15, 0.2) is 59.5 Å². The maximum Gasteiger partial charge on any atom is 0.264 e. The van der Waals surface area contributed by atoms with Crippen LogP contribution < -0.4 is 9.04 Å². The van der Waals surface area contributed by atoms with Gasteiger partial charge in [-0.05, 0) is 31.2 Å². The van der Waals surface area contributed by atoms with E-state index < -0.39 is 10.0 Å². The van der Waals surface area contributed by atoms with Crippen molar-refractivity contribution in [3.63, 3.8) is 0 Å². The molecule has 1 aliphatic rings. The van der Waals surface area contributed by atoms with Crippen molar-refractivity contribution in [1.82, 2.24) is 9.80 Å². The third kappa shape index (κ3) is 4.73. The summed E-state index contributed by atoms with van der Waals surface area (Å²) in [6, 6.07) is 14.8. The first-order chi connectivity index (χ1) is 14.5. The second kappa shape index (κ2) is 9.62. The molecule has 0 radical (unpaired) electrons. The largest absolute Gasteiger partial charge is 0.492 e. The monoisotopic (exact) mass is 431 g/mol. The number of hydrogen-bond acceptors (Lipinski definition) is 5. The van der Waals surface area contributed by atoms with Crippen LogP contribution in [0.3, 0.4) is 0 Å². The number of carbonyl (C=O) groups is 2. The molecule has 1 saturated heterocycles. The molecule has 0 unspecified atom stereocenters. The molecular formula is C21H25N3O5S. The number of rotatable bonds is 8. The number of piperazine rings is 1. The van der Waals surface area contributed by atoms with Crippen molar-refractivity contribution in [3.05, 3.63) is 54.6 Å². The Bertz CT molecular complexity index is 973. The smallest absolute Gasteiger partial charge is 0.264 e. The lowest BCUT2D eigenvalue weighted by Crippen LogP contribution is -2.51. The molecule has 0 atom stereocenters. The quantitative estimate of drug-likeness (QED) is 0.593. The third-order valence-electron chi connectivity index (χ3n) is 4.86. The molecule has 0 bridgehead atoms. The molecule has 0 spiro atoms. The molecule has 3 rings (SSSR count). The van der Waals surface area contributed by atoms with Gasteiger partial charge in [-0.25, -0.2) is 8.42 Å². The van der Waals surface area contributed by atoms with Gasteiger partial charge in [0, 0.05) is 26.2 Å². The minimum Gasteiger partial charge on any atom is -0.492 e. The highest BCUT2D eigenvalue weighted by Crippen LogP contribution is 2.32. The minimum atomic E-state index is -4.00. The maximum atomic E-state index is 13.5. The van der Waals surface area contributed by atoms with Crippen LogP contribution in [0, 0.1) is 0 Å². The van der Waals surface area contributed by atoms with Gasteiger partial charge in [-0.3, -0.25) is 13.9 Å². The molecule has 8 nitrogen and oxygen atoms in total. The van der Waals surface area contributed by atoms with Gasteiger partial charge >= 0.3 is 0 Å². The average Bonchev–Trinajstić information content (AvgIpc) is 2.78. The number of nitrogens with zero attached hydrogens (tertiary/aromatic N) is 3. The molecular weight excluding hydrogens is 406 g/mol. The van der Waals surface area contributed by atoms with E-state index in [-0.39, 0.29) is 17.3 Å². The maximum absolute atomic E-state index is 13.5. The average molecular weight is 432 g/mol. The first-order valence-corrected chi connectivity index (χ1v) is 11.2. The Morgan fingerprint density at radius 3 is 2.30 bits per heavy atom. The molecule has 0 N–H and O–H groups in total. The summed E-state index contributed by atoms with van der Waals surface area (Å²) in [6.45, 7) is 3.39. The first kappa shape index (κ1) is 21.6. The zero-order valence-corrected chi connectivity index (χ0v) is 17.6. The number of hydrogen-bond donors (Lipinski definition) is 0. The summed E-state index contributed by atoms with van der Waals surface area (Å²) in [5.41, 5.74) is 0.308. The fourth-order valence-corrected chi connectivity index (χ4v) is 4.71. The van der Waals surface area contributed by atoms with E-state index in [0.717, 1.165) is 10.7 Å². The lowest BCUT2D eigenvalue weighted by molar-refractivity contribution is -0.133. The SMILES string of the molecule is CCOc1ccccc1N(CC(=O)N1CCN(C=O)CC1)S(=O)(=O)c1ccccc1. The van der Waals surface area contributed by atoms with Crippen molar-refractivity contribution in [3.8, 4) is 5.75 Å². The molecule has 1 aliphatic heterocycles. The number of anilines is 1. The second-order valence-electron chi connectivity index (χ2n) is 6.75.